The van der Waals surface area contributed by atoms with Crippen LogP contribution in [0.3, 0.4) is 0 Å². The van der Waals surface area contributed by atoms with Crippen LogP contribution in [0.25, 0.3) is 5.70 Å². The molecule has 2 nitrogen and oxygen atoms in total. The van der Waals surface area contributed by atoms with Crippen molar-refractivity contribution in [1.82, 2.24) is 5.06 Å². The van der Waals surface area contributed by atoms with Crippen LogP contribution in [0.4, 0.5) is 0 Å². The summed E-state index contributed by atoms with van der Waals surface area (Å²) in [6.07, 6.45) is 4.01. The fourth-order valence-corrected chi connectivity index (χ4v) is 1.82. The van der Waals surface area contributed by atoms with Gasteiger partial charge in [0.25, 0.3) is 0 Å². The summed E-state index contributed by atoms with van der Waals surface area (Å²) in [6.45, 7) is 6.02. The third-order valence-electron chi connectivity index (χ3n) is 2.59. The average Bonchev–Trinajstić information content (AvgIpc) is 2.33. The molecule has 0 fully saturated rings. The Morgan fingerprint density at radius 3 is 2.44 bits per heavy atom. The van der Waals surface area contributed by atoms with E-state index >= 15 is 0 Å². The van der Waals surface area contributed by atoms with Crippen LogP contribution in [0.5, 0.6) is 0 Å². The molecule has 1 aliphatic heterocycles. The second-order valence-electron chi connectivity index (χ2n) is 3.70. The molecule has 0 saturated heterocycles. The summed E-state index contributed by atoms with van der Waals surface area (Å²) in [5, 5.41) is 1.75. The van der Waals surface area contributed by atoms with Gasteiger partial charge in [0.05, 0.1) is 18.5 Å². The first kappa shape index (κ1) is 10.7. The highest BCUT2D eigenvalue weighted by Gasteiger charge is 2.18. The predicted octanol–water partition coefficient (Wildman–Crippen LogP) is 3.36. The summed E-state index contributed by atoms with van der Waals surface area (Å²) in [7, 11) is 1.65. The van der Waals surface area contributed by atoms with Gasteiger partial charge in [-0.15, -0.1) is 0 Å². The minimum Gasteiger partial charge on any atom is -0.272 e. The van der Waals surface area contributed by atoms with Gasteiger partial charge in [0.15, 0.2) is 0 Å². The van der Waals surface area contributed by atoms with Gasteiger partial charge >= 0.3 is 0 Å². The van der Waals surface area contributed by atoms with Gasteiger partial charge in [-0.3, -0.25) is 4.84 Å². The predicted molar refractivity (Wildman–Crippen MR) is 66.2 cm³/mol. The Morgan fingerprint density at radius 2 is 1.81 bits per heavy atom. The van der Waals surface area contributed by atoms with Crippen molar-refractivity contribution in [3.63, 3.8) is 0 Å². The van der Waals surface area contributed by atoms with E-state index in [2.05, 4.69) is 31.7 Å². The Balaban J connectivity index is 2.51. The molecule has 1 heterocycles. The van der Waals surface area contributed by atoms with Gasteiger partial charge in [0.1, 0.15) is 0 Å². The third-order valence-corrected chi connectivity index (χ3v) is 2.59. The zero-order chi connectivity index (χ0) is 11.5. The second kappa shape index (κ2) is 4.37. The Kier molecular flexibility index (Phi) is 2.93. The molecule has 16 heavy (non-hydrogen) atoms. The van der Waals surface area contributed by atoms with E-state index in [1.807, 2.05) is 24.3 Å². The summed E-state index contributed by atoms with van der Waals surface area (Å²) >= 11 is 0. The number of hydroxylamine groups is 2. The number of hydrogen-bond acceptors (Lipinski definition) is 2. The topological polar surface area (TPSA) is 12.5 Å². The van der Waals surface area contributed by atoms with Gasteiger partial charge in [-0.05, 0) is 18.6 Å². The average molecular weight is 213 g/mol. The molecule has 0 unspecified atom stereocenters. The van der Waals surface area contributed by atoms with E-state index in [1.165, 1.54) is 5.57 Å². The van der Waals surface area contributed by atoms with Crippen molar-refractivity contribution in [2.45, 2.75) is 6.92 Å². The molecular weight excluding hydrogens is 198 g/mol. The Bertz CT molecular complexity index is 457. The smallest absolute Gasteiger partial charge is 0.0796 e. The molecule has 0 aromatic heterocycles. The van der Waals surface area contributed by atoms with Crippen LogP contribution in [0, 0.1) is 0 Å². The summed E-state index contributed by atoms with van der Waals surface area (Å²) in [6, 6.07) is 10.2. The van der Waals surface area contributed by atoms with Gasteiger partial charge < -0.3 is 0 Å². The SMILES string of the molecule is C=C1C=CC(C)=C(c2ccccc2)N1OC. The van der Waals surface area contributed by atoms with Gasteiger partial charge in [0.2, 0.25) is 0 Å². The zero-order valence-corrected chi connectivity index (χ0v) is 9.60. The molecule has 0 saturated carbocycles. The quantitative estimate of drug-likeness (QED) is 0.746. The minimum atomic E-state index is 0.840. The van der Waals surface area contributed by atoms with Crippen LogP contribution in [-0.4, -0.2) is 12.2 Å². The number of nitrogens with zero attached hydrogens (tertiary/aromatic N) is 1. The molecule has 0 atom stereocenters. The van der Waals surface area contributed by atoms with Crippen LogP contribution in [-0.2, 0) is 4.84 Å². The molecule has 0 radical (unpaired) electrons. The van der Waals surface area contributed by atoms with E-state index in [9.17, 15) is 0 Å². The Hall–Kier alpha value is -1.80. The zero-order valence-electron chi connectivity index (χ0n) is 9.60. The van der Waals surface area contributed by atoms with Crippen LogP contribution in [0.1, 0.15) is 12.5 Å². The van der Waals surface area contributed by atoms with Crippen LogP contribution in [0.15, 0.2) is 60.3 Å². The van der Waals surface area contributed by atoms with Crippen molar-refractivity contribution in [3.05, 3.63) is 65.9 Å². The van der Waals surface area contributed by atoms with E-state index in [0.717, 1.165) is 17.0 Å². The Labute approximate surface area is 96.1 Å². The fourth-order valence-electron chi connectivity index (χ4n) is 1.82. The van der Waals surface area contributed by atoms with Crippen molar-refractivity contribution >= 4 is 5.70 Å². The summed E-state index contributed by atoms with van der Waals surface area (Å²) < 4.78 is 0. The molecule has 0 bridgehead atoms. The standard InChI is InChI=1S/C14H15NO/c1-11-9-10-12(2)15(16-3)14(11)13-7-5-4-6-8-13/h4-10H,2H2,1,3H3. The van der Waals surface area contributed by atoms with Crippen molar-refractivity contribution in [1.29, 1.82) is 0 Å². The maximum Gasteiger partial charge on any atom is 0.0796 e. The van der Waals surface area contributed by atoms with E-state index < -0.39 is 0 Å². The lowest BCUT2D eigenvalue weighted by atomic mass is 10.0. The lowest BCUT2D eigenvalue weighted by Gasteiger charge is -2.29. The van der Waals surface area contributed by atoms with Gasteiger partial charge in [-0.1, -0.05) is 43.0 Å². The van der Waals surface area contributed by atoms with Gasteiger partial charge in [-0.2, -0.15) is 0 Å². The summed E-state index contributed by atoms with van der Waals surface area (Å²) in [5.74, 6) is 0. The van der Waals surface area contributed by atoms with E-state index in [1.54, 1.807) is 12.2 Å². The maximum atomic E-state index is 5.37. The first-order chi connectivity index (χ1) is 7.74. The monoisotopic (exact) mass is 213 g/mol. The molecule has 1 aromatic carbocycles. The van der Waals surface area contributed by atoms with Crippen LogP contribution in [0.2, 0.25) is 0 Å². The number of hydrogen-bond donors (Lipinski definition) is 0. The second-order valence-corrected chi connectivity index (χ2v) is 3.70. The molecule has 2 heteroatoms. The summed E-state index contributed by atoms with van der Waals surface area (Å²) in [5.41, 5.74) is 4.19. The van der Waals surface area contributed by atoms with Gasteiger partial charge in [-0.25, -0.2) is 5.06 Å². The van der Waals surface area contributed by atoms with E-state index in [4.69, 9.17) is 4.84 Å². The van der Waals surface area contributed by atoms with E-state index in [0.29, 0.717) is 0 Å². The number of allylic oxidation sites excluding steroid dienone is 3. The van der Waals surface area contributed by atoms with Crippen molar-refractivity contribution in [2.75, 3.05) is 7.11 Å². The molecule has 0 amide bonds. The summed E-state index contributed by atoms with van der Waals surface area (Å²) in [4.78, 5) is 5.37. The highest BCUT2D eigenvalue weighted by Crippen LogP contribution is 2.30. The first-order valence-electron chi connectivity index (χ1n) is 5.21. The number of benzene rings is 1. The highest BCUT2D eigenvalue weighted by molar-refractivity contribution is 5.71. The maximum absolute atomic E-state index is 5.37. The molecule has 1 aliphatic rings. The third kappa shape index (κ3) is 1.79. The normalized spacial score (nSPS) is 15.9. The minimum absolute atomic E-state index is 0.840. The molecule has 0 aliphatic carbocycles. The van der Waals surface area contributed by atoms with Crippen molar-refractivity contribution in [2.24, 2.45) is 0 Å². The molecule has 1 aromatic rings. The first-order valence-corrected chi connectivity index (χ1v) is 5.21. The largest absolute Gasteiger partial charge is 0.272 e. The van der Waals surface area contributed by atoms with E-state index in [-0.39, 0.29) is 0 Å². The molecule has 2 rings (SSSR count). The fraction of sp³-hybridized carbons (Fsp3) is 0.143. The lowest BCUT2D eigenvalue weighted by Crippen LogP contribution is -2.21. The van der Waals surface area contributed by atoms with Crippen LogP contribution < -0.4 is 0 Å². The molecule has 82 valence electrons. The number of rotatable bonds is 2. The van der Waals surface area contributed by atoms with Gasteiger partial charge in [0, 0.05) is 5.56 Å². The molecule has 0 spiro atoms. The Morgan fingerprint density at radius 1 is 1.12 bits per heavy atom. The molecular formula is C14H15NO. The van der Waals surface area contributed by atoms with Crippen molar-refractivity contribution in [3.8, 4) is 0 Å². The van der Waals surface area contributed by atoms with Crippen molar-refractivity contribution < 1.29 is 4.84 Å². The lowest BCUT2D eigenvalue weighted by molar-refractivity contribution is -0.0418. The van der Waals surface area contributed by atoms with Crippen LogP contribution >= 0.6 is 0 Å². The molecule has 0 N–H and O–H groups in total. The highest BCUT2D eigenvalue weighted by atomic mass is 16.7.